The molecular formula is C25H33N3O6. The Hall–Kier alpha value is -3.59. The van der Waals surface area contributed by atoms with Crippen LogP contribution in [-0.4, -0.2) is 58.3 Å². The number of benzene rings is 2. The van der Waals surface area contributed by atoms with Crippen molar-refractivity contribution in [3.8, 4) is 5.75 Å². The predicted octanol–water partition coefficient (Wildman–Crippen LogP) is 3.03. The maximum absolute atomic E-state index is 13.4. The van der Waals surface area contributed by atoms with E-state index in [1.807, 2.05) is 19.1 Å². The number of hydrogen-bond acceptors (Lipinski definition) is 6. The summed E-state index contributed by atoms with van der Waals surface area (Å²) < 4.78 is 5.17. The molecule has 0 aliphatic rings. The molecule has 34 heavy (non-hydrogen) atoms. The first-order valence-electron chi connectivity index (χ1n) is 10.9. The largest absolute Gasteiger partial charge is 0.508 e. The first-order valence-corrected chi connectivity index (χ1v) is 10.9. The van der Waals surface area contributed by atoms with Gasteiger partial charge in [0.15, 0.2) is 0 Å². The molecule has 0 bridgehead atoms. The van der Waals surface area contributed by atoms with E-state index in [1.165, 1.54) is 13.1 Å². The number of carbonyl (C=O) groups is 3. The molecule has 2 unspecified atom stereocenters. The van der Waals surface area contributed by atoms with Gasteiger partial charge in [-0.2, -0.15) is 0 Å². The maximum Gasteiger partial charge on any atom is 0.408 e. The number of alkyl carbamates (subject to hydrolysis) is 1. The summed E-state index contributed by atoms with van der Waals surface area (Å²) >= 11 is 0. The van der Waals surface area contributed by atoms with Crippen molar-refractivity contribution in [3.05, 3.63) is 59.2 Å². The predicted molar refractivity (Wildman–Crippen MR) is 128 cm³/mol. The molecule has 0 aliphatic carbocycles. The molecule has 2 aromatic carbocycles. The molecule has 0 heterocycles. The number of nitrogens with zero attached hydrogens (tertiary/aromatic N) is 1. The van der Waals surface area contributed by atoms with E-state index in [-0.39, 0.29) is 5.75 Å². The van der Waals surface area contributed by atoms with Gasteiger partial charge in [-0.3, -0.25) is 9.59 Å². The summed E-state index contributed by atoms with van der Waals surface area (Å²) in [5, 5.41) is 24.9. The monoisotopic (exact) mass is 471 g/mol. The standard InChI is InChI=1S/C25H33N3O6/c1-15-9-7-8-10-18(15)26-22(31)21(17-11-12-20(30)16(2)13-17)28(6)23(32)19(14-29)27-24(33)34-25(3,4)5/h7-13,19,21,29-30H,14H2,1-6H3,(H,26,31)(H,27,33). The molecule has 0 radical (unpaired) electrons. The van der Waals surface area contributed by atoms with Gasteiger partial charge in [0.2, 0.25) is 5.91 Å². The molecule has 0 aromatic heterocycles. The highest BCUT2D eigenvalue weighted by Crippen LogP contribution is 2.27. The third-order valence-corrected chi connectivity index (χ3v) is 5.09. The van der Waals surface area contributed by atoms with E-state index in [0.717, 1.165) is 10.5 Å². The average Bonchev–Trinajstić information content (AvgIpc) is 2.74. The number of para-hydroxylation sites is 1. The average molecular weight is 472 g/mol. The Balaban J connectivity index is 2.37. The number of anilines is 1. The van der Waals surface area contributed by atoms with Crippen LogP contribution in [0.1, 0.15) is 43.5 Å². The van der Waals surface area contributed by atoms with Gasteiger partial charge >= 0.3 is 6.09 Å². The SMILES string of the molecule is Cc1cc(C(C(=O)Nc2ccccc2C)N(C)C(=O)C(CO)NC(=O)OC(C)(C)C)ccc1O. The number of phenols is 1. The molecule has 184 valence electrons. The Morgan fingerprint density at radius 1 is 1.06 bits per heavy atom. The zero-order valence-corrected chi connectivity index (χ0v) is 20.4. The van der Waals surface area contributed by atoms with E-state index in [9.17, 15) is 24.6 Å². The van der Waals surface area contributed by atoms with Gasteiger partial charge < -0.3 is 30.5 Å². The van der Waals surface area contributed by atoms with Crippen molar-refractivity contribution in [2.45, 2.75) is 52.3 Å². The fourth-order valence-corrected chi connectivity index (χ4v) is 3.32. The van der Waals surface area contributed by atoms with Crippen molar-refractivity contribution >= 4 is 23.6 Å². The van der Waals surface area contributed by atoms with E-state index in [2.05, 4.69) is 10.6 Å². The van der Waals surface area contributed by atoms with Crippen LogP contribution in [0.2, 0.25) is 0 Å². The molecule has 0 saturated heterocycles. The van der Waals surface area contributed by atoms with Crippen LogP contribution in [-0.2, 0) is 14.3 Å². The third-order valence-electron chi connectivity index (χ3n) is 5.09. The Morgan fingerprint density at radius 2 is 1.71 bits per heavy atom. The van der Waals surface area contributed by atoms with Gasteiger partial charge in [0, 0.05) is 12.7 Å². The van der Waals surface area contributed by atoms with Crippen LogP contribution in [0.5, 0.6) is 5.75 Å². The first kappa shape index (κ1) is 26.7. The van der Waals surface area contributed by atoms with E-state index >= 15 is 0 Å². The number of hydrogen-bond donors (Lipinski definition) is 4. The second kappa shape index (κ2) is 11.0. The van der Waals surface area contributed by atoms with Gasteiger partial charge in [-0.1, -0.05) is 24.3 Å². The molecule has 3 amide bonds. The van der Waals surface area contributed by atoms with Crippen molar-refractivity contribution in [1.82, 2.24) is 10.2 Å². The van der Waals surface area contributed by atoms with Crippen LogP contribution < -0.4 is 10.6 Å². The fraction of sp³-hybridized carbons (Fsp3) is 0.400. The Labute approximate surface area is 199 Å². The fourth-order valence-electron chi connectivity index (χ4n) is 3.32. The van der Waals surface area contributed by atoms with Crippen LogP contribution in [0.25, 0.3) is 0 Å². The summed E-state index contributed by atoms with van der Waals surface area (Å²) in [4.78, 5) is 39.9. The third kappa shape index (κ3) is 6.95. The number of nitrogens with one attached hydrogen (secondary N) is 2. The number of aryl methyl sites for hydroxylation is 2. The van der Waals surface area contributed by atoms with Crippen molar-refractivity contribution in [1.29, 1.82) is 0 Å². The second-order valence-electron chi connectivity index (χ2n) is 9.08. The van der Waals surface area contributed by atoms with Gasteiger partial charge in [-0.05, 0) is 69.5 Å². The quantitative estimate of drug-likeness (QED) is 0.491. The minimum atomic E-state index is -1.33. The minimum Gasteiger partial charge on any atom is -0.508 e. The van der Waals surface area contributed by atoms with Crippen LogP contribution in [0, 0.1) is 13.8 Å². The molecule has 9 nitrogen and oxygen atoms in total. The van der Waals surface area contributed by atoms with E-state index < -0.39 is 42.2 Å². The number of likely N-dealkylation sites (N-methyl/N-ethyl adjacent to an activating group) is 1. The lowest BCUT2D eigenvalue weighted by atomic mass is 10.0. The number of carbonyl (C=O) groups excluding carboxylic acids is 3. The van der Waals surface area contributed by atoms with Crippen LogP contribution >= 0.6 is 0 Å². The highest BCUT2D eigenvalue weighted by Gasteiger charge is 2.34. The summed E-state index contributed by atoms with van der Waals surface area (Å²) in [5.74, 6) is -1.14. The van der Waals surface area contributed by atoms with Gasteiger partial charge in [-0.25, -0.2) is 4.79 Å². The summed E-state index contributed by atoms with van der Waals surface area (Å²) in [7, 11) is 1.41. The highest BCUT2D eigenvalue weighted by molar-refractivity contribution is 5.99. The highest BCUT2D eigenvalue weighted by atomic mass is 16.6. The van der Waals surface area contributed by atoms with Gasteiger partial charge in [0.1, 0.15) is 23.4 Å². The van der Waals surface area contributed by atoms with Gasteiger partial charge in [-0.15, -0.1) is 0 Å². The Bertz CT molecular complexity index is 1050. The van der Waals surface area contributed by atoms with E-state index in [1.54, 1.807) is 52.0 Å². The number of aliphatic hydroxyl groups is 1. The molecule has 0 aliphatic heterocycles. The smallest absolute Gasteiger partial charge is 0.408 e. The van der Waals surface area contributed by atoms with Crippen LogP contribution in [0.4, 0.5) is 10.5 Å². The molecule has 0 saturated carbocycles. The van der Waals surface area contributed by atoms with Crippen LogP contribution in [0.3, 0.4) is 0 Å². The zero-order valence-electron chi connectivity index (χ0n) is 20.4. The number of aliphatic hydroxyl groups excluding tert-OH is 1. The van der Waals surface area contributed by atoms with Crippen molar-refractivity contribution in [2.75, 3.05) is 19.0 Å². The van der Waals surface area contributed by atoms with Crippen LogP contribution in [0.15, 0.2) is 42.5 Å². The number of phenolic OH excluding ortho intramolecular Hbond substituents is 1. The lowest BCUT2D eigenvalue weighted by molar-refractivity contribution is -0.139. The molecule has 2 aromatic rings. The maximum atomic E-state index is 13.4. The lowest BCUT2D eigenvalue weighted by Crippen LogP contribution is -2.52. The Kier molecular flexibility index (Phi) is 8.64. The molecular weight excluding hydrogens is 438 g/mol. The molecule has 2 atom stereocenters. The number of aromatic hydroxyl groups is 1. The number of ether oxygens (including phenoxy) is 1. The minimum absolute atomic E-state index is 0.0515. The number of rotatable bonds is 7. The van der Waals surface area contributed by atoms with Gasteiger partial charge in [0.25, 0.3) is 5.91 Å². The first-order chi connectivity index (χ1) is 15.8. The van der Waals surface area contributed by atoms with Crippen molar-refractivity contribution in [2.24, 2.45) is 0 Å². The summed E-state index contributed by atoms with van der Waals surface area (Å²) in [6.45, 7) is 7.85. The van der Waals surface area contributed by atoms with Gasteiger partial charge in [0.05, 0.1) is 6.61 Å². The zero-order chi connectivity index (χ0) is 25.6. The van der Waals surface area contributed by atoms with E-state index in [4.69, 9.17) is 4.74 Å². The molecule has 0 spiro atoms. The van der Waals surface area contributed by atoms with Crippen molar-refractivity contribution < 1.29 is 29.3 Å². The molecule has 9 heteroatoms. The summed E-state index contributed by atoms with van der Waals surface area (Å²) in [6, 6.07) is 9.37. The topological polar surface area (TPSA) is 128 Å². The summed E-state index contributed by atoms with van der Waals surface area (Å²) in [5.41, 5.74) is 1.60. The number of amides is 3. The van der Waals surface area contributed by atoms with Crippen molar-refractivity contribution in [3.63, 3.8) is 0 Å². The molecule has 4 N–H and O–H groups in total. The normalized spacial score (nSPS) is 12.9. The lowest BCUT2D eigenvalue weighted by Gasteiger charge is -2.31. The second-order valence-corrected chi connectivity index (χ2v) is 9.08. The molecule has 0 fully saturated rings. The molecule has 2 rings (SSSR count). The Morgan fingerprint density at radius 3 is 2.26 bits per heavy atom. The van der Waals surface area contributed by atoms with E-state index in [0.29, 0.717) is 16.8 Å². The summed E-state index contributed by atoms with van der Waals surface area (Å²) in [6.07, 6.45) is -0.866.